The number of rotatable bonds is 3. The Morgan fingerprint density at radius 1 is 1.00 bits per heavy atom. The molecule has 0 amide bonds. The fourth-order valence-electron chi connectivity index (χ4n) is 4.71. The highest BCUT2D eigenvalue weighted by Crippen LogP contribution is 2.40. The van der Waals surface area contributed by atoms with Crippen molar-refractivity contribution in [2.75, 3.05) is 7.05 Å². The van der Waals surface area contributed by atoms with Gasteiger partial charge < -0.3 is 9.88 Å². The van der Waals surface area contributed by atoms with Gasteiger partial charge >= 0.3 is 0 Å². The van der Waals surface area contributed by atoms with Crippen LogP contribution >= 0.6 is 0 Å². The predicted molar refractivity (Wildman–Crippen MR) is 118 cm³/mol. The van der Waals surface area contributed by atoms with Gasteiger partial charge in [0.05, 0.1) is 6.57 Å². The van der Waals surface area contributed by atoms with Gasteiger partial charge in [-0.1, -0.05) is 18.2 Å². The number of aromatic nitrogens is 1. The van der Waals surface area contributed by atoms with Gasteiger partial charge in [0.2, 0.25) is 0 Å². The molecule has 4 rings (SSSR count). The average molecular weight is 372 g/mol. The van der Waals surface area contributed by atoms with Crippen LogP contribution in [0.25, 0.3) is 26.9 Å². The first-order valence-electron chi connectivity index (χ1n) is 10.3. The van der Waals surface area contributed by atoms with E-state index in [-0.39, 0.29) is 0 Å². The van der Waals surface area contributed by atoms with Crippen LogP contribution in [0.15, 0.2) is 36.5 Å². The highest BCUT2D eigenvalue weighted by molar-refractivity contribution is 5.99. The van der Waals surface area contributed by atoms with Crippen LogP contribution in [-0.2, 0) is 0 Å². The standard InChI is InChI=1S/C25H29N3/c1-16-7-6-8-21(18(16)3)23-15-28(20-11-9-19(26-4)10-12-20)25-13-17(2)24(27-5)14-22(23)25/h6-8,13-15,19-20,26H,9-12H2,1-4H3. The molecule has 0 atom stereocenters. The summed E-state index contributed by atoms with van der Waals surface area (Å²) in [5.74, 6) is 0. The largest absolute Gasteiger partial charge is 0.344 e. The number of hydrogen-bond donors (Lipinski definition) is 1. The van der Waals surface area contributed by atoms with Crippen LogP contribution in [0.5, 0.6) is 0 Å². The molecule has 0 spiro atoms. The van der Waals surface area contributed by atoms with Crippen LogP contribution in [0.3, 0.4) is 0 Å². The van der Waals surface area contributed by atoms with Gasteiger partial charge in [-0.05, 0) is 93.3 Å². The fraction of sp³-hybridized carbons (Fsp3) is 0.400. The van der Waals surface area contributed by atoms with Gasteiger partial charge in [0.1, 0.15) is 0 Å². The molecule has 0 unspecified atom stereocenters. The number of fused-ring (bicyclic) bond motifs is 1. The van der Waals surface area contributed by atoms with Crippen molar-refractivity contribution in [2.24, 2.45) is 0 Å². The summed E-state index contributed by atoms with van der Waals surface area (Å²) in [7, 11) is 2.07. The first kappa shape index (κ1) is 18.8. The molecule has 1 N–H and O–H groups in total. The molecule has 1 heterocycles. The number of nitrogens with one attached hydrogen (secondary N) is 1. The van der Waals surface area contributed by atoms with E-state index in [0.29, 0.717) is 12.1 Å². The summed E-state index contributed by atoms with van der Waals surface area (Å²) >= 11 is 0. The van der Waals surface area contributed by atoms with Crippen LogP contribution in [0, 0.1) is 27.3 Å². The van der Waals surface area contributed by atoms with Gasteiger partial charge in [0.25, 0.3) is 0 Å². The van der Waals surface area contributed by atoms with Crippen LogP contribution < -0.4 is 5.32 Å². The Balaban J connectivity index is 1.91. The van der Waals surface area contributed by atoms with Crippen LogP contribution in [0.1, 0.15) is 48.4 Å². The van der Waals surface area contributed by atoms with Crippen molar-refractivity contribution in [3.8, 4) is 11.1 Å². The summed E-state index contributed by atoms with van der Waals surface area (Å²) in [6.45, 7) is 14.0. The van der Waals surface area contributed by atoms with Crippen molar-refractivity contribution in [3.63, 3.8) is 0 Å². The van der Waals surface area contributed by atoms with Gasteiger partial charge in [-0.25, -0.2) is 4.85 Å². The molecule has 1 aliphatic rings. The van der Waals surface area contributed by atoms with E-state index in [1.165, 1.54) is 58.8 Å². The lowest BCUT2D eigenvalue weighted by molar-refractivity contribution is 0.305. The zero-order valence-electron chi connectivity index (χ0n) is 17.3. The molecule has 0 aliphatic heterocycles. The van der Waals surface area contributed by atoms with E-state index >= 15 is 0 Å². The Labute approximate surface area is 168 Å². The number of nitrogens with zero attached hydrogens (tertiary/aromatic N) is 2. The lowest BCUT2D eigenvalue weighted by atomic mass is 9.91. The van der Waals surface area contributed by atoms with Crippen LogP contribution in [0.2, 0.25) is 0 Å². The smallest absolute Gasteiger partial charge is 0.190 e. The topological polar surface area (TPSA) is 21.3 Å². The highest BCUT2D eigenvalue weighted by Gasteiger charge is 2.24. The van der Waals surface area contributed by atoms with E-state index in [1.807, 2.05) is 0 Å². The molecule has 28 heavy (non-hydrogen) atoms. The zero-order valence-corrected chi connectivity index (χ0v) is 17.3. The Bertz CT molecular complexity index is 1060. The zero-order chi connectivity index (χ0) is 19.8. The van der Waals surface area contributed by atoms with Gasteiger partial charge in [-0.2, -0.15) is 0 Å². The first-order valence-corrected chi connectivity index (χ1v) is 10.3. The lowest BCUT2D eigenvalue weighted by Gasteiger charge is -2.30. The van der Waals surface area contributed by atoms with Crippen LogP contribution in [0.4, 0.5) is 5.69 Å². The molecule has 3 nitrogen and oxygen atoms in total. The molecule has 0 saturated heterocycles. The Kier molecular flexibility index (Phi) is 5.00. The minimum atomic E-state index is 0.532. The second kappa shape index (κ2) is 7.45. The van der Waals surface area contributed by atoms with Crippen molar-refractivity contribution in [3.05, 3.63) is 64.6 Å². The molecule has 1 saturated carbocycles. The molecule has 2 aromatic carbocycles. The van der Waals surface area contributed by atoms with Crippen molar-refractivity contribution < 1.29 is 0 Å². The van der Waals surface area contributed by atoms with Crippen molar-refractivity contribution >= 4 is 16.6 Å². The molecule has 0 radical (unpaired) electrons. The third-order valence-corrected chi connectivity index (χ3v) is 6.66. The normalized spacial score (nSPS) is 19.7. The Morgan fingerprint density at radius 2 is 1.75 bits per heavy atom. The molecule has 144 valence electrons. The molecular formula is C25H29N3. The quantitative estimate of drug-likeness (QED) is 0.522. The molecule has 1 aliphatic carbocycles. The van der Waals surface area contributed by atoms with Gasteiger partial charge in [-0.15, -0.1) is 0 Å². The predicted octanol–water partition coefficient (Wildman–Crippen LogP) is 6.49. The summed E-state index contributed by atoms with van der Waals surface area (Å²) in [4.78, 5) is 3.77. The molecule has 3 aromatic rings. The van der Waals surface area contributed by atoms with Crippen molar-refractivity contribution in [2.45, 2.75) is 58.5 Å². The average Bonchev–Trinajstić information content (AvgIpc) is 3.07. The minimum absolute atomic E-state index is 0.532. The Morgan fingerprint density at radius 3 is 2.43 bits per heavy atom. The van der Waals surface area contributed by atoms with E-state index in [9.17, 15) is 0 Å². The SMILES string of the molecule is [C-]#[N+]c1cc2c(-c3cccc(C)c3C)cn(C3CCC(NC)CC3)c2cc1C. The van der Waals surface area contributed by atoms with Gasteiger partial charge in [-0.3, -0.25) is 0 Å². The Hall–Kier alpha value is -2.57. The maximum Gasteiger partial charge on any atom is 0.190 e. The maximum atomic E-state index is 7.57. The third kappa shape index (κ3) is 3.12. The summed E-state index contributed by atoms with van der Waals surface area (Å²) in [6, 6.07) is 12.0. The molecule has 3 heteroatoms. The molecule has 1 aromatic heterocycles. The van der Waals surface area contributed by atoms with E-state index in [2.05, 4.69) is 79.1 Å². The molecular weight excluding hydrogens is 342 g/mol. The lowest BCUT2D eigenvalue weighted by Crippen LogP contribution is -2.30. The summed E-state index contributed by atoms with van der Waals surface area (Å²) in [6.07, 6.45) is 7.19. The van der Waals surface area contributed by atoms with Crippen molar-refractivity contribution in [1.29, 1.82) is 0 Å². The minimum Gasteiger partial charge on any atom is -0.344 e. The number of hydrogen-bond acceptors (Lipinski definition) is 1. The third-order valence-electron chi connectivity index (χ3n) is 6.66. The molecule has 0 bridgehead atoms. The summed E-state index contributed by atoms with van der Waals surface area (Å²) in [5, 5.41) is 4.65. The monoisotopic (exact) mass is 371 g/mol. The van der Waals surface area contributed by atoms with E-state index in [1.54, 1.807) is 0 Å². The van der Waals surface area contributed by atoms with Crippen molar-refractivity contribution in [1.82, 2.24) is 9.88 Å². The second-order valence-corrected chi connectivity index (χ2v) is 8.26. The first-order chi connectivity index (χ1) is 13.5. The van der Waals surface area contributed by atoms with Crippen LogP contribution in [-0.4, -0.2) is 17.7 Å². The number of benzene rings is 2. The van der Waals surface area contributed by atoms with Gasteiger partial charge in [0.15, 0.2) is 5.69 Å². The fourth-order valence-corrected chi connectivity index (χ4v) is 4.71. The van der Waals surface area contributed by atoms with E-state index < -0.39 is 0 Å². The second-order valence-electron chi connectivity index (χ2n) is 8.26. The maximum absolute atomic E-state index is 7.57. The highest BCUT2D eigenvalue weighted by atomic mass is 15.0. The molecule has 1 fully saturated rings. The number of aryl methyl sites for hydroxylation is 2. The van der Waals surface area contributed by atoms with E-state index in [4.69, 9.17) is 6.57 Å². The van der Waals surface area contributed by atoms with E-state index in [0.717, 1.165) is 11.3 Å². The summed E-state index contributed by atoms with van der Waals surface area (Å²) in [5.41, 5.74) is 8.28. The summed E-state index contributed by atoms with van der Waals surface area (Å²) < 4.78 is 2.50. The van der Waals surface area contributed by atoms with Gasteiger partial charge in [0, 0.05) is 29.4 Å².